The van der Waals surface area contributed by atoms with Crippen LogP contribution in [0.3, 0.4) is 0 Å². The van der Waals surface area contributed by atoms with Gasteiger partial charge in [0.1, 0.15) is 5.82 Å². The van der Waals surface area contributed by atoms with Gasteiger partial charge in [-0.25, -0.2) is 4.39 Å². The lowest BCUT2D eigenvalue weighted by Gasteiger charge is -2.13. The van der Waals surface area contributed by atoms with Gasteiger partial charge in [0.05, 0.1) is 11.1 Å². The first-order valence-corrected chi connectivity index (χ1v) is 9.85. The van der Waals surface area contributed by atoms with Crippen LogP contribution in [0.5, 0.6) is 0 Å². The molecular formula is C24H23FN4O2. The van der Waals surface area contributed by atoms with Gasteiger partial charge in [0.2, 0.25) is 0 Å². The summed E-state index contributed by atoms with van der Waals surface area (Å²) in [6.07, 6.45) is 1.66. The van der Waals surface area contributed by atoms with Crippen LogP contribution < -0.4 is 15.5 Å². The molecule has 3 N–H and O–H groups in total. The molecule has 0 spiro atoms. The first-order chi connectivity index (χ1) is 14.7. The van der Waals surface area contributed by atoms with Gasteiger partial charge in [0.15, 0.2) is 0 Å². The van der Waals surface area contributed by atoms with Gasteiger partial charge in [-0.05, 0) is 68.0 Å². The Hall–Kier alpha value is -3.87. The number of carbonyl (C=O) groups excluding carboxylic acids is 2. The molecule has 1 aliphatic rings. The zero-order valence-electron chi connectivity index (χ0n) is 17.8. The number of nitrogens with zero attached hydrogens (tertiary/aromatic N) is 1. The van der Waals surface area contributed by atoms with Crippen LogP contribution in [0.25, 0.3) is 11.6 Å². The van der Waals surface area contributed by atoms with Crippen molar-refractivity contribution in [2.24, 2.45) is 0 Å². The van der Waals surface area contributed by atoms with Gasteiger partial charge >= 0.3 is 0 Å². The molecule has 1 aliphatic heterocycles. The fourth-order valence-corrected chi connectivity index (χ4v) is 3.74. The SMILES string of the molecule is Cc1[nH]c(/C=C2\C(=O)Nc3ccc(F)cc32)c(C)c1C(=O)Nc1ccc(N(C)C)cc1. The highest BCUT2D eigenvalue weighted by Gasteiger charge is 2.26. The van der Waals surface area contributed by atoms with Gasteiger partial charge in [-0.2, -0.15) is 0 Å². The number of carbonyl (C=O) groups is 2. The van der Waals surface area contributed by atoms with E-state index < -0.39 is 5.82 Å². The standard InChI is InChI=1S/C24H23FN4O2/c1-13-21(12-19-18-11-15(25)5-10-20(18)28-23(19)30)26-14(2)22(13)24(31)27-16-6-8-17(9-7-16)29(3)4/h5-12,26H,1-4H3,(H,27,31)(H,28,30)/b19-12-. The smallest absolute Gasteiger partial charge is 0.257 e. The number of halogens is 1. The number of anilines is 3. The van der Waals surface area contributed by atoms with E-state index in [0.29, 0.717) is 45.0 Å². The summed E-state index contributed by atoms with van der Waals surface area (Å²) in [5.74, 6) is -0.962. The molecule has 158 valence electrons. The summed E-state index contributed by atoms with van der Waals surface area (Å²) in [6.45, 7) is 3.63. The highest BCUT2D eigenvalue weighted by molar-refractivity contribution is 6.35. The fraction of sp³-hybridized carbons (Fsp3) is 0.167. The van der Waals surface area contributed by atoms with Crippen molar-refractivity contribution in [3.63, 3.8) is 0 Å². The van der Waals surface area contributed by atoms with Crippen LogP contribution in [0.2, 0.25) is 0 Å². The van der Waals surface area contributed by atoms with Crippen molar-refractivity contribution in [3.05, 3.63) is 76.4 Å². The topological polar surface area (TPSA) is 77.2 Å². The van der Waals surface area contributed by atoms with Crippen LogP contribution in [0.1, 0.15) is 32.9 Å². The Bertz CT molecular complexity index is 1220. The third kappa shape index (κ3) is 3.82. The van der Waals surface area contributed by atoms with Crippen molar-refractivity contribution < 1.29 is 14.0 Å². The Kier molecular flexibility index (Phi) is 5.10. The predicted molar refractivity (Wildman–Crippen MR) is 122 cm³/mol. The Labute approximate surface area is 179 Å². The molecule has 7 heteroatoms. The van der Waals surface area contributed by atoms with Gasteiger partial charge in [0.25, 0.3) is 11.8 Å². The van der Waals surface area contributed by atoms with Crippen LogP contribution in [0.4, 0.5) is 21.5 Å². The van der Waals surface area contributed by atoms with Crippen LogP contribution in [-0.2, 0) is 4.79 Å². The van der Waals surface area contributed by atoms with E-state index in [2.05, 4.69) is 15.6 Å². The number of aryl methyl sites for hydroxylation is 1. The van der Waals surface area contributed by atoms with Crippen LogP contribution in [0, 0.1) is 19.7 Å². The Morgan fingerprint density at radius 1 is 1.10 bits per heavy atom. The third-order valence-corrected chi connectivity index (χ3v) is 5.40. The minimum absolute atomic E-state index is 0.240. The maximum absolute atomic E-state index is 13.7. The van der Waals surface area contributed by atoms with Crippen molar-refractivity contribution in [1.29, 1.82) is 0 Å². The van der Waals surface area contributed by atoms with E-state index in [-0.39, 0.29) is 11.8 Å². The van der Waals surface area contributed by atoms with Crippen molar-refractivity contribution >= 4 is 40.5 Å². The summed E-state index contributed by atoms with van der Waals surface area (Å²) in [7, 11) is 3.90. The van der Waals surface area contributed by atoms with E-state index in [1.54, 1.807) is 13.0 Å². The van der Waals surface area contributed by atoms with Gasteiger partial charge in [-0.3, -0.25) is 9.59 Å². The highest BCUT2D eigenvalue weighted by atomic mass is 19.1. The molecule has 6 nitrogen and oxygen atoms in total. The molecule has 0 radical (unpaired) electrons. The van der Waals surface area contributed by atoms with E-state index in [1.165, 1.54) is 18.2 Å². The zero-order valence-corrected chi connectivity index (χ0v) is 17.8. The number of rotatable bonds is 4. The molecular weight excluding hydrogens is 395 g/mol. The van der Waals surface area contributed by atoms with Crippen molar-refractivity contribution in [2.45, 2.75) is 13.8 Å². The number of hydrogen-bond donors (Lipinski definition) is 3. The number of aromatic nitrogens is 1. The number of aromatic amines is 1. The lowest BCUT2D eigenvalue weighted by molar-refractivity contribution is -0.110. The second-order valence-electron chi connectivity index (χ2n) is 7.76. The summed E-state index contributed by atoms with van der Waals surface area (Å²) in [6, 6.07) is 11.7. The predicted octanol–water partition coefficient (Wildman–Crippen LogP) is 4.58. The molecule has 3 aromatic rings. The number of benzene rings is 2. The minimum Gasteiger partial charge on any atom is -0.378 e. The average molecular weight is 418 g/mol. The minimum atomic E-state index is -0.416. The Balaban J connectivity index is 1.64. The van der Waals surface area contributed by atoms with Crippen molar-refractivity contribution in [1.82, 2.24) is 4.98 Å². The van der Waals surface area contributed by atoms with Crippen LogP contribution in [0.15, 0.2) is 42.5 Å². The first-order valence-electron chi connectivity index (χ1n) is 9.85. The molecule has 1 aromatic heterocycles. The second kappa shape index (κ2) is 7.75. The molecule has 2 amide bonds. The van der Waals surface area contributed by atoms with Crippen LogP contribution >= 0.6 is 0 Å². The molecule has 0 atom stereocenters. The van der Waals surface area contributed by atoms with Gasteiger partial charge in [0, 0.05) is 48.1 Å². The summed E-state index contributed by atoms with van der Waals surface area (Å²) >= 11 is 0. The quantitative estimate of drug-likeness (QED) is 0.543. The normalized spacial score (nSPS) is 13.8. The summed E-state index contributed by atoms with van der Waals surface area (Å²) < 4.78 is 13.7. The molecule has 2 aromatic carbocycles. The molecule has 0 saturated heterocycles. The van der Waals surface area contributed by atoms with Gasteiger partial charge in [-0.15, -0.1) is 0 Å². The Morgan fingerprint density at radius 3 is 2.48 bits per heavy atom. The second-order valence-corrected chi connectivity index (χ2v) is 7.76. The average Bonchev–Trinajstić information content (AvgIpc) is 3.17. The monoisotopic (exact) mass is 418 g/mol. The molecule has 0 fully saturated rings. The van der Waals surface area contributed by atoms with E-state index in [9.17, 15) is 14.0 Å². The van der Waals surface area contributed by atoms with E-state index in [4.69, 9.17) is 0 Å². The number of H-pyrrole nitrogens is 1. The lowest BCUT2D eigenvalue weighted by atomic mass is 10.0. The fourth-order valence-electron chi connectivity index (χ4n) is 3.74. The molecule has 0 bridgehead atoms. The third-order valence-electron chi connectivity index (χ3n) is 5.40. The van der Waals surface area contributed by atoms with Crippen molar-refractivity contribution in [2.75, 3.05) is 29.6 Å². The summed E-state index contributed by atoms with van der Waals surface area (Å²) in [5.41, 5.74) is 5.69. The molecule has 0 saturated carbocycles. The molecule has 4 rings (SSSR count). The van der Waals surface area contributed by atoms with Crippen LogP contribution in [-0.4, -0.2) is 30.9 Å². The van der Waals surface area contributed by atoms with Gasteiger partial charge < -0.3 is 20.5 Å². The first kappa shape index (κ1) is 20.4. The molecule has 0 unspecified atom stereocenters. The maximum atomic E-state index is 13.7. The van der Waals surface area contributed by atoms with Gasteiger partial charge in [-0.1, -0.05) is 0 Å². The summed E-state index contributed by atoms with van der Waals surface area (Å²) in [4.78, 5) is 30.5. The number of amides is 2. The van der Waals surface area contributed by atoms with E-state index in [0.717, 1.165) is 5.69 Å². The van der Waals surface area contributed by atoms with E-state index in [1.807, 2.05) is 50.2 Å². The zero-order chi connectivity index (χ0) is 22.3. The largest absolute Gasteiger partial charge is 0.378 e. The number of hydrogen-bond acceptors (Lipinski definition) is 3. The maximum Gasteiger partial charge on any atom is 0.257 e. The lowest BCUT2D eigenvalue weighted by Crippen LogP contribution is -2.14. The van der Waals surface area contributed by atoms with E-state index >= 15 is 0 Å². The highest BCUT2D eigenvalue weighted by Crippen LogP contribution is 2.34. The number of nitrogens with one attached hydrogen (secondary N) is 3. The Morgan fingerprint density at radius 2 is 1.81 bits per heavy atom. The molecule has 31 heavy (non-hydrogen) atoms. The molecule has 0 aliphatic carbocycles. The summed E-state index contributed by atoms with van der Waals surface area (Å²) in [5, 5.41) is 5.65. The molecule has 2 heterocycles. The number of fused-ring (bicyclic) bond motifs is 1. The van der Waals surface area contributed by atoms with Crippen molar-refractivity contribution in [3.8, 4) is 0 Å².